The first-order valence-electron chi connectivity index (χ1n) is 15.9. The van der Waals surface area contributed by atoms with Gasteiger partial charge in [0.15, 0.2) is 5.65 Å². The third kappa shape index (κ3) is 7.15. The fraction of sp³-hybridized carbons (Fsp3) is 0.457. The molecule has 4 aromatic rings. The second-order valence-corrected chi connectivity index (χ2v) is 13.7. The monoisotopic (exact) mass is 680 g/mol. The number of aryl methyl sites for hydroxylation is 1. The minimum atomic E-state index is -0.649. The van der Waals surface area contributed by atoms with Gasteiger partial charge in [-0.25, -0.2) is 23.5 Å². The molecule has 13 heteroatoms. The van der Waals surface area contributed by atoms with Crippen LogP contribution in [-0.2, 0) is 20.8 Å². The van der Waals surface area contributed by atoms with Crippen molar-refractivity contribution in [1.82, 2.24) is 24.4 Å². The quantitative estimate of drug-likeness (QED) is 0.149. The Labute approximate surface area is 284 Å². The predicted molar refractivity (Wildman–Crippen MR) is 183 cm³/mol. The number of fused-ring (bicyclic) bond motifs is 1. The van der Waals surface area contributed by atoms with Crippen molar-refractivity contribution in [3.05, 3.63) is 74.7 Å². The molecule has 4 heterocycles. The van der Waals surface area contributed by atoms with Gasteiger partial charge < -0.3 is 24.0 Å². The van der Waals surface area contributed by atoms with E-state index in [1.165, 1.54) is 17.7 Å². The van der Waals surface area contributed by atoms with Crippen molar-refractivity contribution in [3.8, 4) is 16.9 Å². The van der Waals surface area contributed by atoms with E-state index in [9.17, 15) is 9.59 Å². The third-order valence-electron chi connectivity index (χ3n) is 8.07. The number of aromatic nitrogens is 4. The number of ether oxygens (including phenoxy) is 3. The molecule has 1 fully saturated rings. The summed E-state index contributed by atoms with van der Waals surface area (Å²) in [5.41, 5.74) is 1.87. The fourth-order valence-corrected chi connectivity index (χ4v) is 6.22. The van der Waals surface area contributed by atoms with Gasteiger partial charge in [0.05, 0.1) is 28.4 Å². The van der Waals surface area contributed by atoms with E-state index >= 15 is 4.39 Å². The number of rotatable bonds is 8. The average Bonchev–Trinajstić information content (AvgIpc) is 3.00. The molecule has 0 radical (unpaired) electrons. The lowest BCUT2D eigenvalue weighted by Crippen LogP contribution is -2.55. The molecule has 11 nitrogen and oxygen atoms in total. The van der Waals surface area contributed by atoms with Crippen LogP contribution in [0.3, 0.4) is 0 Å². The molecule has 256 valence electrons. The number of amides is 1. The van der Waals surface area contributed by atoms with Crippen LogP contribution in [0.5, 0.6) is 0 Å². The highest BCUT2D eigenvalue weighted by Gasteiger charge is 2.33. The topological polar surface area (TPSA) is 112 Å². The fourth-order valence-electron chi connectivity index (χ4n) is 5.94. The Kier molecular flexibility index (Phi) is 10.4. The van der Waals surface area contributed by atoms with Crippen molar-refractivity contribution < 1.29 is 23.4 Å². The molecule has 3 aromatic heterocycles. The largest absolute Gasteiger partial charge is 0.444 e. The van der Waals surface area contributed by atoms with Crippen molar-refractivity contribution in [1.29, 1.82) is 0 Å². The maximum atomic E-state index is 16.4. The van der Waals surface area contributed by atoms with Gasteiger partial charge in [-0.05, 0) is 69.9 Å². The van der Waals surface area contributed by atoms with E-state index in [1.54, 1.807) is 29.3 Å². The molecule has 1 amide bonds. The van der Waals surface area contributed by atoms with Crippen LogP contribution in [0.1, 0.15) is 64.3 Å². The number of piperazine rings is 1. The van der Waals surface area contributed by atoms with Crippen molar-refractivity contribution >= 4 is 34.5 Å². The van der Waals surface area contributed by atoms with Crippen LogP contribution in [-0.4, -0.2) is 75.7 Å². The van der Waals surface area contributed by atoms with Gasteiger partial charge in [0.1, 0.15) is 29.7 Å². The lowest BCUT2D eigenvalue weighted by molar-refractivity contribution is -0.0389. The summed E-state index contributed by atoms with van der Waals surface area (Å²) in [5, 5.41) is 0.602. The number of carbonyl (C=O) groups is 1. The van der Waals surface area contributed by atoms with Gasteiger partial charge in [0.2, 0.25) is 0 Å². The van der Waals surface area contributed by atoms with Crippen LogP contribution in [0.4, 0.5) is 15.0 Å². The summed E-state index contributed by atoms with van der Waals surface area (Å²) >= 11 is 6.70. The zero-order chi connectivity index (χ0) is 34.9. The van der Waals surface area contributed by atoms with E-state index in [4.69, 9.17) is 30.8 Å². The average molecular weight is 681 g/mol. The Balaban J connectivity index is 1.74. The summed E-state index contributed by atoms with van der Waals surface area (Å²) < 4.78 is 34.1. The van der Waals surface area contributed by atoms with Crippen LogP contribution in [0.25, 0.3) is 28.0 Å². The summed E-state index contributed by atoms with van der Waals surface area (Å²) in [5.74, 6) is -0.421. The maximum Gasteiger partial charge on any atom is 0.410 e. The molecule has 0 unspecified atom stereocenters. The lowest BCUT2D eigenvalue weighted by atomic mass is 10.0. The summed E-state index contributed by atoms with van der Waals surface area (Å²) in [7, 11) is 1.51. The van der Waals surface area contributed by atoms with E-state index in [1.807, 2.05) is 59.4 Å². The first-order valence-corrected chi connectivity index (χ1v) is 16.3. The predicted octanol–water partition coefficient (Wildman–Crippen LogP) is 6.63. The molecule has 1 aliphatic rings. The smallest absolute Gasteiger partial charge is 0.410 e. The summed E-state index contributed by atoms with van der Waals surface area (Å²) in [6.07, 6.45) is 1.28. The molecule has 1 saturated heterocycles. The lowest BCUT2D eigenvalue weighted by Gasteiger charge is -2.41. The Bertz CT molecular complexity index is 1890. The van der Waals surface area contributed by atoms with Crippen LogP contribution in [0.2, 0.25) is 5.02 Å². The molecular weight excluding hydrogens is 639 g/mol. The van der Waals surface area contributed by atoms with Crippen molar-refractivity contribution in [3.63, 3.8) is 0 Å². The van der Waals surface area contributed by atoms with Crippen LogP contribution in [0, 0.1) is 12.7 Å². The molecule has 0 aliphatic carbocycles. The number of benzene rings is 1. The number of carbonyl (C=O) groups excluding carboxylic acids is 1. The van der Waals surface area contributed by atoms with Crippen molar-refractivity contribution in [2.75, 3.05) is 38.4 Å². The van der Waals surface area contributed by atoms with Gasteiger partial charge in [-0.1, -0.05) is 37.6 Å². The Morgan fingerprint density at radius 2 is 1.92 bits per heavy atom. The van der Waals surface area contributed by atoms with E-state index in [-0.39, 0.29) is 47.5 Å². The first kappa shape index (κ1) is 35.2. The first-order chi connectivity index (χ1) is 22.7. The van der Waals surface area contributed by atoms with Gasteiger partial charge in [0.25, 0.3) is 0 Å². The van der Waals surface area contributed by atoms with Crippen molar-refractivity contribution in [2.45, 2.75) is 72.6 Å². The van der Waals surface area contributed by atoms with Gasteiger partial charge in [-0.2, -0.15) is 4.98 Å². The van der Waals surface area contributed by atoms with Crippen LogP contribution in [0.15, 0.2) is 41.3 Å². The summed E-state index contributed by atoms with van der Waals surface area (Å²) in [6, 6.07) is 8.07. The van der Waals surface area contributed by atoms with Gasteiger partial charge >= 0.3 is 11.8 Å². The molecule has 1 aliphatic heterocycles. The number of methoxy groups -OCH3 is 1. The number of halogens is 2. The third-order valence-corrected chi connectivity index (χ3v) is 8.39. The number of hydrogen-bond donors (Lipinski definition) is 0. The maximum absolute atomic E-state index is 16.4. The molecular formula is C35H42ClFN6O5. The molecule has 0 saturated carbocycles. The number of hydrogen-bond acceptors (Lipinski definition) is 9. The van der Waals surface area contributed by atoms with E-state index in [0.29, 0.717) is 47.5 Å². The summed E-state index contributed by atoms with van der Waals surface area (Å²) in [4.78, 5) is 44.7. The standard InChI is InChI=1S/C35H42ClFN6O5/c1-20(2)28-30(21(3)12-13-38-28)43-32-24(16-26(37)29(39-32)27-23(18-47-19-46-8)10-9-11-25(27)36)31(40-33(43)44)42-15-14-41(17-22(42)4)34(45)48-35(5,6)7/h9-13,16,20,22H,14-15,17-19H2,1-8H3/t22-/m0/s1. The second kappa shape index (κ2) is 14.2. The van der Waals surface area contributed by atoms with Crippen LogP contribution < -0.4 is 10.6 Å². The van der Waals surface area contributed by atoms with E-state index in [0.717, 1.165) is 5.56 Å². The van der Waals surface area contributed by atoms with Gasteiger partial charge in [0, 0.05) is 44.5 Å². The molecule has 1 atom stereocenters. The highest BCUT2D eigenvalue weighted by molar-refractivity contribution is 6.33. The molecule has 1 aromatic carbocycles. The van der Waals surface area contributed by atoms with Gasteiger partial charge in [-0.15, -0.1) is 0 Å². The Morgan fingerprint density at radius 1 is 1.17 bits per heavy atom. The minimum Gasteiger partial charge on any atom is -0.444 e. The molecule has 0 N–H and O–H groups in total. The zero-order valence-electron chi connectivity index (χ0n) is 28.6. The number of nitrogens with zero attached hydrogens (tertiary/aromatic N) is 6. The highest BCUT2D eigenvalue weighted by atomic mass is 35.5. The van der Waals surface area contributed by atoms with Crippen LogP contribution >= 0.6 is 11.6 Å². The van der Waals surface area contributed by atoms with Crippen molar-refractivity contribution in [2.24, 2.45) is 0 Å². The summed E-state index contributed by atoms with van der Waals surface area (Å²) in [6.45, 7) is 14.3. The molecule has 48 heavy (non-hydrogen) atoms. The van der Waals surface area contributed by atoms with E-state index in [2.05, 4.69) is 9.97 Å². The second-order valence-electron chi connectivity index (χ2n) is 13.3. The molecule has 5 rings (SSSR count). The molecule has 0 bridgehead atoms. The zero-order valence-corrected chi connectivity index (χ0v) is 29.4. The normalized spacial score (nSPS) is 15.4. The van der Waals surface area contributed by atoms with Gasteiger partial charge in [-0.3, -0.25) is 4.98 Å². The Morgan fingerprint density at radius 3 is 2.58 bits per heavy atom. The Hall–Kier alpha value is -4.13. The molecule has 0 spiro atoms. The SMILES string of the molecule is COCOCc1cccc(Cl)c1-c1nc2c(cc1F)c(N1CCN(C(=O)OC(C)(C)C)C[C@@H]1C)nc(=O)n2-c1c(C)ccnc1C(C)C. The minimum absolute atomic E-state index is 0.0335. The number of pyridine rings is 2. The highest BCUT2D eigenvalue weighted by Crippen LogP contribution is 2.37. The number of anilines is 1. The van der Waals surface area contributed by atoms with E-state index < -0.39 is 23.2 Å².